The van der Waals surface area contributed by atoms with E-state index in [1.54, 1.807) is 0 Å². The Morgan fingerprint density at radius 1 is 1.33 bits per heavy atom. The SMILES string of the molecule is Nc1cc2[nH]c(=O)[nH]c2cc1OC(=O)O. The fraction of sp³-hybridized carbons (Fsp3) is 0. The summed E-state index contributed by atoms with van der Waals surface area (Å²) in [5.74, 6) is -0.00903. The third-order valence-electron chi connectivity index (χ3n) is 1.84. The first-order valence-corrected chi connectivity index (χ1v) is 3.98. The highest BCUT2D eigenvalue weighted by atomic mass is 16.7. The highest BCUT2D eigenvalue weighted by Crippen LogP contribution is 2.25. The average molecular weight is 209 g/mol. The number of carboxylic acid groups (broad SMARTS) is 1. The number of fused-ring (bicyclic) bond motifs is 1. The second-order valence-corrected chi connectivity index (χ2v) is 2.88. The molecule has 0 atom stereocenters. The molecule has 7 nitrogen and oxygen atoms in total. The number of hydrogen-bond donors (Lipinski definition) is 4. The number of rotatable bonds is 1. The quantitative estimate of drug-likeness (QED) is 0.309. The van der Waals surface area contributed by atoms with Gasteiger partial charge in [0.15, 0.2) is 5.75 Å². The van der Waals surface area contributed by atoms with Gasteiger partial charge >= 0.3 is 11.8 Å². The summed E-state index contributed by atoms with van der Waals surface area (Å²) >= 11 is 0. The molecule has 0 fully saturated rings. The minimum absolute atomic E-state index is 0.00903. The predicted molar refractivity (Wildman–Crippen MR) is 52.0 cm³/mol. The monoisotopic (exact) mass is 209 g/mol. The highest BCUT2D eigenvalue weighted by Gasteiger charge is 2.08. The first-order valence-electron chi connectivity index (χ1n) is 3.98. The van der Waals surface area contributed by atoms with E-state index in [9.17, 15) is 9.59 Å². The fourth-order valence-corrected chi connectivity index (χ4v) is 1.26. The summed E-state index contributed by atoms with van der Waals surface area (Å²) in [5, 5.41) is 8.41. The van der Waals surface area contributed by atoms with E-state index in [1.807, 2.05) is 0 Å². The van der Waals surface area contributed by atoms with Crippen molar-refractivity contribution in [2.45, 2.75) is 0 Å². The standard InChI is InChI=1S/C8H7N3O4/c9-3-1-4-5(11-7(12)10-4)2-6(3)15-8(13)14/h1-2H,9H2,(H,13,14)(H2,10,11,12). The van der Waals surface area contributed by atoms with E-state index in [2.05, 4.69) is 14.7 Å². The van der Waals surface area contributed by atoms with E-state index in [0.29, 0.717) is 11.0 Å². The lowest BCUT2D eigenvalue weighted by Gasteiger charge is -2.03. The summed E-state index contributed by atoms with van der Waals surface area (Å²) in [7, 11) is 0. The largest absolute Gasteiger partial charge is 0.511 e. The number of carbonyl (C=O) groups is 1. The summed E-state index contributed by atoms with van der Waals surface area (Å²) < 4.78 is 4.42. The number of nitrogens with two attached hydrogens (primary N) is 1. The van der Waals surface area contributed by atoms with Gasteiger partial charge in [0.25, 0.3) is 0 Å². The van der Waals surface area contributed by atoms with Crippen molar-refractivity contribution >= 4 is 22.9 Å². The second kappa shape index (κ2) is 3.05. The van der Waals surface area contributed by atoms with E-state index in [0.717, 1.165) is 0 Å². The van der Waals surface area contributed by atoms with Gasteiger partial charge in [0.1, 0.15) is 0 Å². The Balaban J connectivity index is 2.60. The lowest BCUT2D eigenvalue weighted by Crippen LogP contribution is -2.05. The predicted octanol–water partition coefficient (Wildman–Crippen LogP) is 0.495. The van der Waals surface area contributed by atoms with Crippen LogP contribution in [0.4, 0.5) is 10.5 Å². The van der Waals surface area contributed by atoms with Gasteiger partial charge in [0, 0.05) is 6.07 Å². The highest BCUT2D eigenvalue weighted by molar-refractivity contribution is 5.83. The van der Waals surface area contributed by atoms with E-state index >= 15 is 0 Å². The Bertz CT molecular complexity index is 583. The van der Waals surface area contributed by atoms with E-state index in [-0.39, 0.29) is 11.4 Å². The number of benzene rings is 1. The van der Waals surface area contributed by atoms with Gasteiger partial charge in [-0.05, 0) is 6.07 Å². The van der Waals surface area contributed by atoms with Gasteiger partial charge in [-0.3, -0.25) is 0 Å². The lowest BCUT2D eigenvalue weighted by atomic mass is 10.2. The third kappa shape index (κ3) is 1.62. The van der Waals surface area contributed by atoms with Crippen molar-refractivity contribution in [1.29, 1.82) is 0 Å². The first-order chi connectivity index (χ1) is 7.06. The molecular weight excluding hydrogens is 202 g/mol. The summed E-state index contributed by atoms with van der Waals surface area (Å²) in [6.45, 7) is 0. The van der Waals surface area contributed by atoms with Crippen LogP contribution in [0.15, 0.2) is 16.9 Å². The van der Waals surface area contributed by atoms with Crippen LogP contribution in [0.25, 0.3) is 11.0 Å². The smallest absolute Gasteiger partial charge is 0.449 e. The number of nitrogens with one attached hydrogen (secondary N) is 2. The number of aromatic nitrogens is 2. The van der Waals surface area contributed by atoms with Crippen LogP contribution >= 0.6 is 0 Å². The molecule has 15 heavy (non-hydrogen) atoms. The van der Waals surface area contributed by atoms with Crippen LogP contribution in [0.1, 0.15) is 0 Å². The van der Waals surface area contributed by atoms with Gasteiger partial charge < -0.3 is 25.5 Å². The molecular formula is C8H7N3O4. The number of aromatic amines is 2. The molecule has 0 aliphatic carbocycles. The van der Waals surface area contributed by atoms with Crippen molar-refractivity contribution in [2.75, 3.05) is 5.73 Å². The van der Waals surface area contributed by atoms with E-state index in [4.69, 9.17) is 10.8 Å². The molecule has 2 aromatic rings. The van der Waals surface area contributed by atoms with Crippen molar-refractivity contribution in [3.8, 4) is 5.75 Å². The minimum Gasteiger partial charge on any atom is -0.449 e. The minimum atomic E-state index is -1.46. The van der Waals surface area contributed by atoms with Gasteiger partial charge in [-0.15, -0.1) is 0 Å². The number of hydrogen-bond acceptors (Lipinski definition) is 4. The summed E-state index contributed by atoms with van der Waals surface area (Å²) in [5.41, 5.74) is 6.20. The molecule has 1 heterocycles. The molecule has 78 valence electrons. The number of nitrogen functional groups attached to an aromatic ring is 1. The Kier molecular flexibility index (Phi) is 1.86. The maximum atomic E-state index is 10.9. The summed E-state index contributed by atoms with van der Waals surface area (Å²) in [6, 6.07) is 2.77. The van der Waals surface area contributed by atoms with Crippen molar-refractivity contribution in [3.05, 3.63) is 22.6 Å². The fourth-order valence-electron chi connectivity index (χ4n) is 1.26. The summed E-state index contributed by atoms with van der Waals surface area (Å²) in [6.07, 6.45) is -1.46. The zero-order valence-corrected chi connectivity index (χ0v) is 7.40. The summed E-state index contributed by atoms with van der Waals surface area (Å²) in [4.78, 5) is 26.2. The Morgan fingerprint density at radius 2 is 1.93 bits per heavy atom. The van der Waals surface area contributed by atoms with Gasteiger partial charge in [-0.2, -0.15) is 0 Å². The van der Waals surface area contributed by atoms with Crippen LogP contribution in [-0.2, 0) is 0 Å². The number of ether oxygens (including phenoxy) is 1. The van der Waals surface area contributed by atoms with Crippen LogP contribution in [0.2, 0.25) is 0 Å². The molecule has 0 radical (unpaired) electrons. The molecule has 2 rings (SSSR count). The molecule has 0 aliphatic rings. The molecule has 0 saturated carbocycles. The molecule has 7 heteroatoms. The molecule has 0 amide bonds. The second-order valence-electron chi connectivity index (χ2n) is 2.88. The Labute approximate surface area is 82.5 Å². The lowest BCUT2D eigenvalue weighted by molar-refractivity contribution is 0.145. The number of imidazole rings is 1. The van der Waals surface area contributed by atoms with Crippen molar-refractivity contribution in [3.63, 3.8) is 0 Å². The molecule has 0 unspecified atom stereocenters. The van der Waals surface area contributed by atoms with E-state index in [1.165, 1.54) is 12.1 Å². The van der Waals surface area contributed by atoms with E-state index < -0.39 is 11.8 Å². The zero-order chi connectivity index (χ0) is 11.0. The van der Waals surface area contributed by atoms with Crippen LogP contribution in [0.5, 0.6) is 5.75 Å². The van der Waals surface area contributed by atoms with Crippen LogP contribution in [0.3, 0.4) is 0 Å². The van der Waals surface area contributed by atoms with Crippen molar-refractivity contribution < 1.29 is 14.6 Å². The zero-order valence-electron chi connectivity index (χ0n) is 7.40. The molecule has 1 aromatic heterocycles. The normalized spacial score (nSPS) is 10.4. The van der Waals surface area contributed by atoms with Crippen molar-refractivity contribution in [2.24, 2.45) is 0 Å². The van der Waals surface area contributed by atoms with Gasteiger partial charge in [-0.1, -0.05) is 0 Å². The third-order valence-corrected chi connectivity index (χ3v) is 1.84. The number of H-pyrrole nitrogens is 2. The topological polar surface area (TPSA) is 121 Å². The molecule has 0 spiro atoms. The van der Waals surface area contributed by atoms with Crippen LogP contribution in [0, 0.1) is 0 Å². The Morgan fingerprint density at radius 3 is 2.53 bits per heavy atom. The maximum absolute atomic E-state index is 10.9. The molecule has 1 aromatic carbocycles. The number of anilines is 1. The molecule has 0 bridgehead atoms. The first kappa shape index (κ1) is 9.13. The molecule has 0 aliphatic heterocycles. The van der Waals surface area contributed by atoms with Gasteiger partial charge in [0.2, 0.25) is 0 Å². The van der Waals surface area contributed by atoms with Crippen LogP contribution in [-0.4, -0.2) is 21.2 Å². The van der Waals surface area contributed by atoms with Crippen molar-refractivity contribution in [1.82, 2.24) is 9.97 Å². The van der Waals surface area contributed by atoms with Crippen LogP contribution < -0.4 is 16.2 Å². The molecule has 0 saturated heterocycles. The maximum Gasteiger partial charge on any atom is 0.511 e. The molecule has 5 N–H and O–H groups in total. The average Bonchev–Trinajstić information content (AvgIpc) is 2.44. The van der Waals surface area contributed by atoms with Gasteiger partial charge in [-0.25, -0.2) is 9.59 Å². The van der Waals surface area contributed by atoms with Gasteiger partial charge in [0.05, 0.1) is 16.7 Å². The Hall–Kier alpha value is -2.44.